The SMILES string of the molecule is COc1ccc(C#CCN)c(CN(C)CCN(C)C)c1. The maximum Gasteiger partial charge on any atom is 0.119 e. The van der Waals surface area contributed by atoms with Gasteiger partial charge in [0.2, 0.25) is 0 Å². The predicted molar refractivity (Wildman–Crippen MR) is 83.8 cm³/mol. The summed E-state index contributed by atoms with van der Waals surface area (Å²) < 4.78 is 5.29. The van der Waals surface area contributed by atoms with Gasteiger partial charge in [-0.1, -0.05) is 11.8 Å². The second-order valence-electron chi connectivity index (χ2n) is 5.07. The summed E-state index contributed by atoms with van der Waals surface area (Å²) >= 11 is 0. The van der Waals surface area contributed by atoms with Crippen molar-refractivity contribution in [1.82, 2.24) is 9.80 Å². The minimum atomic E-state index is 0.377. The number of ether oxygens (including phenoxy) is 1. The summed E-state index contributed by atoms with van der Waals surface area (Å²) in [6, 6.07) is 5.98. The van der Waals surface area contributed by atoms with Crippen molar-refractivity contribution in [2.75, 3.05) is 47.9 Å². The molecule has 0 amide bonds. The first-order valence-corrected chi connectivity index (χ1v) is 6.76. The molecule has 4 nitrogen and oxygen atoms in total. The van der Waals surface area contributed by atoms with E-state index in [1.54, 1.807) is 7.11 Å². The Balaban J connectivity index is 2.84. The fourth-order valence-corrected chi connectivity index (χ4v) is 1.84. The molecule has 0 radical (unpaired) electrons. The second kappa shape index (κ2) is 8.60. The molecule has 0 atom stereocenters. The van der Waals surface area contributed by atoms with Gasteiger partial charge in [-0.25, -0.2) is 0 Å². The summed E-state index contributed by atoms with van der Waals surface area (Å²) in [6.45, 7) is 3.26. The molecular formula is C16H25N3O. The van der Waals surface area contributed by atoms with Gasteiger partial charge in [-0.15, -0.1) is 0 Å². The van der Waals surface area contributed by atoms with E-state index < -0.39 is 0 Å². The van der Waals surface area contributed by atoms with Crippen LogP contribution < -0.4 is 10.5 Å². The second-order valence-corrected chi connectivity index (χ2v) is 5.07. The average molecular weight is 275 g/mol. The van der Waals surface area contributed by atoms with E-state index in [2.05, 4.69) is 42.8 Å². The van der Waals surface area contributed by atoms with Gasteiger partial charge in [-0.3, -0.25) is 0 Å². The van der Waals surface area contributed by atoms with Crippen LogP contribution in [0.25, 0.3) is 0 Å². The summed E-state index contributed by atoms with van der Waals surface area (Å²) in [5, 5.41) is 0. The lowest BCUT2D eigenvalue weighted by Gasteiger charge is -2.20. The van der Waals surface area contributed by atoms with Gasteiger partial charge in [0.1, 0.15) is 5.75 Å². The molecule has 0 aliphatic rings. The molecule has 0 saturated carbocycles. The molecule has 0 aromatic heterocycles. The zero-order valence-corrected chi connectivity index (χ0v) is 12.9. The Morgan fingerprint density at radius 3 is 2.55 bits per heavy atom. The normalized spacial score (nSPS) is 10.6. The molecular weight excluding hydrogens is 250 g/mol. The van der Waals surface area contributed by atoms with Crippen LogP contribution in [-0.2, 0) is 6.54 Å². The van der Waals surface area contributed by atoms with Crippen LogP contribution in [0.3, 0.4) is 0 Å². The van der Waals surface area contributed by atoms with Crippen molar-refractivity contribution >= 4 is 0 Å². The Morgan fingerprint density at radius 1 is 1.20 bits per heavy atom. The first-order valence-electron chi connectivity index (χ1n) is 6.76. The highest BCUT2D eigenvalue weighted by Gasteiger charge is 2.07. The summed E-state index contributed by atoms with van der Waals surface area (Å²) in [6.07, 6.45) is 0. The monoisotopic (exact) mass is 275 g/mol. The van der Waals surface area contributed by atoms with Gasteiger partial charge >= 0.3 is 0 Å². The van der Waals surface area contributed by atoms with Crippen molar-refractivity contribution in [3.05, 3.63) is 29.3 Å². The van der Waals surface area contributed by atoms with Crippen LogP contribution in [0, 0.1) is 11.8 Å². The van der Waals surface area contributed by atoms with Gasteiger partial charge in [0.15, 0.2) is 0 Å². The quantitative estimate of drug-likeness (QED) is 0.787. The first-order chi connectivity index (χ1) is 9.56. The number of likely N-dealkylation sites (N-methyl/N-ethyl adjacent to an activating group) is 2. The first kappa shape index (κ1) is 16.5. The highest BCUT2D eigenvalue weighted by Crippen LogP contribution is 2.18. The molecule has 1 rings (SSSR count). The van der Waals surface area contributed by atoms with Gasteiger partial charge in [0.05, 0.1) is 13.7 Å². The Labute approximate surface area is 122 Å². The molecule has 0 fully saturated rings. The Hall–Kier alpha value is -1.54. The van der Waals surface area contributed by atoms with Crippen LogP contribution in [0.15, 0.2) is 18.2 Å². The fourth-order valence-electron chi connectivity index (χ4n) is 1.84. The number of hydrogen-bond acceptors (Lipinski definition) is 4. The number of hydrogen-bond donors (Lipinski definition) is 1. The molecule has 4 heteroatoms. The van der Waals surface area contributed by atoms with Crippen LogP contribution in [-0.4, -0.2) is 57.7 Å². The van der Waals surface area contributed by atoms with Crippen molar-refractivity contribution in [2.24, 2.45) is 5.73 Å². The van der Waals surface area contributed by atoms with Crippen molar-refractivity contribution in [2.45, 2.75) is 6.54 Å². The van der Waals surface area contributed by atoms with Gasteiger partial charge in [-0.2, -0.15) is 0 Å². The molecule has 0 unspecified atom stereocenters. The average Bonchev–Trinajstić information content (AvgIpc) is 2.43. The molecule has 1 aromatic carbocycles. The third-order valence-corrected chi connectivity index (χ3v) is 3.01. The summed E-state index contributed by atoms with van der Waals surface area (Å²) in [5.74, 6) is 6.90. The maximum atomic E-state index is 5.45. The molecule has 0 spiro atoms. The smallest absolute Gasteiger partial charge is 0.119 e. The number of benzene rings is 1. The fraction of sp³-hybridized carbons (Fsp3) is 0.500. The lowest BCUT2D eigenvalue weighted by molar-refractivity contribution is 0.276. The van der Waals surface area contributed by atoms with Crippen molar-refractivity contribution in [3.8, 4) is 17.6 Å². The van der Waals surface area contributed by atoms with Gasteiger partial charge in [-0.05, 0) is 44.9 Å². The van der Waals surface area contributed by atoms with E-state index in [0.29, 0.717) is 6.54 Å². The summed E-state index contributed by atoms with van der Waals surface area (Å²) in [7, 11) is 7.96. The van der Waals surface area contributed by atoms with Crippen LogP contribution in [0.4, 0.5) is 0 Å². The molecule has 20 heavy (non-hydrogen) atoms. The molecule has 110 valence electrons. The van der Waals surface area contributed by atoms with Crippen LogP contribution in [0.1, 0.15) is 11.1 Å². The maximum absolute atomic E-state index is 5.45. The van der Waals surface area contributed by atoms with E-state index in [4.69, 9.17) is 10.5 Å². The van der Waals surface area contributed by atoms with Gasteiger partial charge in [0, 0.05) is 25.2 Å². The van der Waals surface area contributed by atoms with Gasteiger partial charge in [0.25, 0.3) is 0 Å². The van der Waals surface area contributed by atoms with Crippen LogP contribution >= 0.6 is 0 Å². The topological polar surface area (TPSA) is 41.7 Å². The molecule has 0 aliphatic carbocycles. The zero-order chi connectivity index (χ0) is 15.0. The van der Waals surface area contributed by atoms with E-state index >= 15 is 0 Å². The largest absolute Gasteiger partial charge is 0.497 e. The van der Waals surface area contributed by atoms with E-state index in [1.165, 1.54) is 5.56 Å². The third-order valence-electron chi connectivity index (χ3n) is 3.01. The van der Waals surface area contributed by atoms with E-state index in [-0.39, 0.29) is 0 Å². The Kier molecular flexibility index (Phi) is 7.10. The molecule has 0 aliphatic heterocycles. The number of methoxy groups -OCH3 is 1. The minimum absolute atomic E-state index is 0.377. The molecule has 2 N–H and O–H groups in total. The Bertz CT molecular complexity index is 474. The minimum Gasteiger partial charge on any atom is -0.497 e. The molecule has 0 bridgehead atoms. The molecule has 0 saturated heterocycles. The standard InChI is InChI=1S/C16H25N3O/c1-18(2)10-11-19(3)13-15-12-16(20-4)8-7-14(15)6-5-9-17/h7-8,12H,9-11,13,17H2,1-4H3. The lowest BCUT2D eigenvalue weighted by Crippen LogP contribution is -2.28. The zero-order valence-electron chi connectivity index (χ0n) is 12.9. The third kappa shape index (κ3) is 5.62. The van der Waals surface area contributed by atoms with E-state index in [1.807, 2.05) is 18.2 Å². The molecule has 1 aromatic rings. The molecule has 0 heterocycles. The van der Waals surface area contributed by atoms with E-state index in [0.717, 1.165) is 30.9 Å². The number of rotatable bonds is 6. The predicted octanol–water partition coefficient (Wildman–Crippen LogP) is 0.999. The summed E-state index contributed by atoms with van der Waals surface area (Å²) in [4.78, 5) is 4.46. The van der Waals surface area contributed by atoms with Crippen molar-refractivity contribution < 1.29 is 4.74 Å². The number of nitrogens with zero attached hydrogens (tertiary/aromatic N) is 2. The number of nitrogens with two attached hydrogens (primary N) is 1. The Morgan fingerprint density at radius 2 is 1.95 bits per heavy atom. The van der Waals surface area contributed by atoms with Crippen LogP contribution in [0.5, 0.6) is 5.75 Å². The van der Waals surface area contributed by atoms with Crippen molar-refractivity contribution in [1.29, 1.82) is 0 Å². The highest BCUT2D eigenvalue weighted by molar-refractivity contribution is 5.45. The van der Waals surface area contributed by atoms with Gasteiger partial charge < -0.3 is 20.3 Å². The lowest BCUT2D eigenvalue weighted by atomic mass is 10.1. The van der Waals surface area contributed by atoms with E-state index in [9.17, 15) is 0 Å². The highest BCUT2D eigenvalue weighted by atomic mass is 16.5. The van der Waals surface area contributed by atoms with Crippen LogP contribution in [0.2, 0.25) is 0 Å². The summed E-state index contributed by atoms with van der Waals surface area (Å²) in [5.41, 5.74) is 7.64. The van der Waals surface area contributed by atoms with Crippen molar-refractivity contribution in [3.63, 3.8) is 0 Å².